The van der Waals surface area contributed by atoms with Crippen LogP contribution < -0.4 is 4.90 Å². The molecule has 25 heavy (non-hydrogen) atoms. The molecular weight excluding hydrogens is 356 g/mol. The quantitative estimate of drug-likeness (QED) is 0.814. The zero-order valence-corrected chi connectivity index (χ0v) is 16.1. The van der Waals surface area contributed by atoms with E-state index in [-0.39, 0.29) is 0 Å². The maximum Gasteiger partial charge on any atom is 0.243 e. The second-order valence-corrected chi connectivity index (χ2v) is 8.69. The largest absolute Gasteiger partial charge is 0.369 e. The highest BCUT2D eigenvalue weighted by molar-refractivity contribution is 7.89. The average Bonchev–Trinajstić information content (AvgIpc) is 2.64. The second-order valence-electron chi connectivity index (χ2n) is 6.32. The van der Waals surface area contributed by atoms with Gasteiger partial charge in [0.2, 0.25) is 10.0 Å². The van der Waals surface area contributed by atoms with E-state index in [1.165, 1.54) is 0 Å². The highest BCUT2D eigenvalue weighted by atomic mass is 35.5. The summed E-state index contributed by atoms with van der Waals surface area (Å²) in [6, 6.07) is 13.0. The van der Waals surface area contributed by atoms with Crippen molar-refractivity contribution in [2.45, 2.75) is 25.2 Å². The Hall–Kier alpha value is -1.56. The number of rotatable bonds is 4. The van der Waals surface area contributed by atoms with Crippen LogP contribution >= 0.6 is 11.6 Å². The molecule has 1 fully saturated rings. The third kappa shape index (κ3) is 3.84. The van der Waals surface area contributed by atoms with Gasteiger partial charge in [0, 0.05) is 36.9 Å². The van der Waals surface area contributed by atoms with Crippen LogP contribution in [0.5, 0.6) is 0 Å². The predicted octanol–water partition coefficient (Wildman–Crippen LogP) is 3.72. The van der Waals surface area contributed by atoms with Crippen molar-refractivity contribution in [3.05, 3.63) is 58.6 Å². The number of hydrogen-bond donors (Lipinski definition) is 0. The second kappa shape index (κ2) is 7.36. The summed E-state index contributed by atoms with van der Waals surface area (Å²) in [7, 11) is -3.43. The highest BCUT2D eigenvalue weighted by Gasteiger charge is 2.28. The molecule has 0 unspecified atom stereocenters. The lowest BCUT2D eigenvalue weighted by Crippen LogP contribution is -2.48. The Morgan fingerprint density at radius 1 is 1.00 bits per heavy atom. The third-order valence-electron chi connectivity index (χ3n) is 4.72. The maximum atomic E-state index is 12.8. The minimum atomic E-state index is -3.43. The smallest absolute Gasteiger partial charge is 0.243 e. The standard InChI is InChI=1S/C19H23ClN2O2S/c1-3-16-5-8-18(9-6-16)25(23,24)22-12-10-21(11-13-22)19-14-17(20)7-4-15(19)2/h4-9,14H,3,10-13H2,1-2H3. The molecule has 1 saturated heterocycles. The average molecular weight is 379 g/mol. The summed E-state index contributed by atoms with van der Waals surface area (Å²) in [5.74, 6) is 0. The first-order chi connectivity index (χ1) is 11.9. The lowest BCUT2D eigenvalue weighted by molar-refractivity contribution is 0.384. The molecule has 2 aromatic carbocycles. The van der Waals surface area contributed by atoms with Crippen molar-refractivity contribution < 1.29 is 8.42 Å². The number of nitrogens with zero attached hydrogens (tertiary/aromatic N) is 2. The Morgan fingerprint density at radius 2 is 1.64 bits per heavy atom. The molecule has 1 aliphatic heterocycles. The van der Waals surface area contributed by atoms with Gasteiger partial charge in [-0.2, -0.15) is 4.31 Å². The number of benzene rings is 2. The minimum absolute atomic E-state index is 0.372. The van der Waals surface area contributed by atoms with Crippen LogP contribution in [0.25, 0.3) is 0 Å². The van der Waals surface area contributed by atoms with Gasteiger partial charge in [-0.25, -0.2) is 8.42 Å². The summed E-state index contributed by atoms with van der Waals surface area (Å²) >= 11 is 6.11. The topological polar surface area (TPSA) is 40.6 Å². The predicted molar refractivity (Wildman–Crippen MR) is 103 cm³/mol. The fourth-order valence-corrected chi connectivity index (χ4v) is 4.73. The molecule has 0 bridgehead atoms. The summed E-state index contributed by atoms with van der Waals surface area (Å²) in [6.45, 7) is 6.37. The van der Waals surface area contributed by atoms with Crippen LogP contribution in [0.4, 0.5) is 5.69 Å². The number of anilines is 1. The molecular formula is C19H23ClN2O2S. The molecule has 4 nitrogen and oxygen atoms in total. The number of piperazine rings is 1. The fraction of sp³-hybridized carbons (Fsp3) is 0.368. The van der Waals surface area contributed by atoms with E-state index >= 15 is 0 Å². The van der Waals surface area contributed by atoms with Gasteiger partial charge >= 0.3 is 0 Å². The van der Waals surface area contributed by atoms with Crippen molar-refractivity contribution in [1.82, 2.24) is 4.31 Å². The van der Waals surface area contributed by atoms with Crippen LogP contribution in [0, 0.1) is 6.92 Å². The highest BCUT2D eigenvalue weighted by Crippen LogP contribution is 2.26. The molecule has 0 aliphatic carbocycles. The van der Waals surface area contributed by atoms with E-state index in [2.05, 4.69) is 11.8 Å². The summed E-state index contributed by atoms with van der Waals surface area (Å²) in [5.41, 5.74) is 3.37. The van der Waals surface area contributed by atoms with Gasteiger partial charge in [0.25, 0.3) is 0 Å². The van der Waals surface area contributed by atoms with Crippen LogP contribution in [-0.4, -0.2) is 38.9 Å². The molecule has 1 aliphatic rings. The van der Waals surface area contributed by atoms with Crippen molar-refractivity contribution in [1.29, 1.82) is 0 Å². The number of halogens is 1. The third-order valence-corrected chi connectivity index (χ3v) is 6.87. The molecule has 0 atom stereocenters. The summed E-state index contributed by atoms with van der Waals surface area (Å²) in [4.78, 5) is 2.57. The number of aryl methyl sites for hydroxylation is 2. The Balaban J connectivity index is 1.73. The van der Waals surface area contributed by atoms with E-state index in [9.17, 15) is 8.42 Å². The van der Waals surface area contributed by atoms with Crippen LogP contribution in [0.3, 0.4) is 0 Å². The monoisotopic (exact) mass is 378 g/mol. The van der Waals surface area contributed by atoms with Crippen molar-refractivity contribution in [3.63, 3.8) is 0 Å². The normalized spacial score (nSPS) is 16.2. The van der Waals surface area contributed by atoms with Gasteiger partial charge in [0.1, 0.15) is 0 Å². The first-order valence-corrected chi connectivity index (χ1v) is 10.3. The lowest BCUT2D eigenvalue weighted by Gasteiger charge is -2.36. The number of hydrogen-bond acceptors (Lipinski definition) is 3. The molecule has 6 heteroatoms. The van der Waals surface area contributed by atoms with E-state index < -0.39 is 10.0 Å². The van der Waals surface area contributed by atoms with Crippen molar-refractivity contribution in [2.75, 3.05) is 31.1 Å². The van der Waals surface area contributed by atoms with Gasteiger partial charge < -0.3 is 4.90 Å². The molecule has 134 valence electrons. The molecule has 0 aromatic heterocycles. The number of sulfonamides is 1. The van der Waals surface area contributed by atoms with Crippen molar-refractivity contribution in [2.24, 2.45) is 0 Å². The SMILES string of the molecule is CCc1ccc(S(=O)(=O)N2CCN(c3cc(Cl)ccc3C)CC2)cc1. The molecule has 1 heterocycles. The van der Waals surface area contributed by atoms with Gasteiger partial charge in [-0.1, -0.05) is 36.7 Å². The van der Waals surface area contributed by atoms with Gasteiger partial charge in [0.15, 0.2) is 0 Å². The first-order valence-electron chi connectivity index (χ1n) is 8.52. The molecule has 0 saturated carbocycles. The Bertz CT molecular complexity index is 842. The van der Waals surface area contributed by atoms with Gasteiger partial charge in [-0.15, -0.1) is 0 Å². The van der Waals surface area contributed by atoms with Gasteiger partial charge in [0.05, 0.1) is 4.90 Å². The van der Waals surface area contributed by atoms with Gasteiger partial charge in [-0.05, 0) is 48.7 Å². The molecule has 0 radical (unpaired) electrons. The van der Waals surface area contributed by atoms with E-state index in [1.807, 2.05) is 37.3 Å². The minimum Gasteiger partial charge on any atom is -0.369 e. The lowest BCUT2D eigenvalue weighted by atomic mass is 10.1. The zero-order chi connectivity index (χ0) is 18.0. The maximum absolute atomic E-state index is 12.8. The summed E-state index contributed by atoms with van der Waals surface area (Å²) in [6.07, 6.45) is 0.901. The Labute approximate surface area is 155 Å². The van der Waals surface area contributed by atoms with Crippen molar-refractivity contribution in [3.8, 4) is 0 Å². The van der Waals surface area contributed by atoms with E-state index in [0.29, 0.717) is 36.1 Å². The van der Waals surface area contributed by atoms with E-state index in [1.54, 1.807) is 16.4 Å². The molecule has 0 N–H and O–H groups in total. The molecule has 3 rings (SSSR count). The zero-order valence-electron chi connectivity index (χ0n) is 14.6. The van der Waals surface area contributed by atoms with Gasteiger partial charge in [-0.3, -0.25) is 0 Å². The molecule has 0 spiro atoms. The molecule has 0 amide bonds. The van der Waals surface area contributed by atoms with Crippen LogP contribution in [0.2, 0.25) is 5.02 Å². The Morgan fingerprint density at radius 3 is 2.24 bits per heavy atom. The summed E-state index contributed by atoms with van der Waals surface area (Å²) in [5, 5.41) is 0.701. The first kappa shape index (κ1) is 18.2. The van der Waals surface area contributed by atoms with Crippen molar-refractivity contribution >= 4 is 27.3 Å². The fourth-order valence-electron chi connectivity index (χ4n) is 3.14. The van der Waals surface area contributed by atoms with Crippen LogP contribution in [0.15, 0.2) is 47.4 Å². The Kier molecular flexibility index (Phi) is 5.37. The van der Waals surface area contributed by atoms with E-state index in [4.69, 9.17) is 11.6 Å². The summed E-state index contributed by atoms with van der Waals surface area (Å²) < 4.78 is 27.2. The van der Waals surface area contributed by atoms with Crippen LogP contribution in [-0.2, 0) is 16.4 Å². The molecule has 2 aromatic rings. The van der Waals surface area contributed by atoms with Crippen LogP contribution in [0.1, 0.15) is 18.1 Å². The van der Waals surface area contributed by atoms with E-state index in [0.717, 1.165) is 23.2 Å².